The Hall–Kier alpha value is -3.21. The van der Waals surface area contributed by atoms with E-state index < -0.39 is 35.2 Å². The van der Waals surface area contributed by atoms with E-state index in [1.165, 1.54) is 17.6 Å². The fourth-order valence-corrected chi connectivity index (χ4v) is 4.50. The maximum absolute atomic E-state index is 15.5. The normalized spacial score (nSPS) is 14.1. The van der Waals surface area contributed by atoms with E-state index >= 15 is 4.39 Å². The quantitative estimate of drug-likeness (QED) is 0.415. The predicted molar refractivity (Wildman–Crippen MR) is 122 cm³/mol. The van der Waals surface area contributed by atoms with Crippen LogP contribution < -0.4 is 21.4 Å². The first-order valence-electron chi connectivity index (χ1n) is 10.0. The summed E-state index contributed by atoms with van der Waals surface area (Å²) in [7, 11) is 1.78. The van der Waals surface area contributed by atoms with Crippen molar-refractivity contribution in [3.8, 4) is 5.69 Å². The monoisotopic (exact) mass is 478 g/mol. The van der Waals surface area contributed by atoms with Gasteiger partial charge in [-0.1, -0.05) is 11.6 Å². The average molecular weight is 479 g/mol. The van der Waals surface area contributed by atoms with Crippen molar-refractivity contribution in [2.45, 2.75) is 19.6 Å². The first kappa shape index (κ1) is 23.0. The Morgan fingerprint density at radius 2 is 2.00 bits per heavy atom. The van der Waals surface area contributed by atoms with Gasteiger partial charge in [-0.15, -0.1) is 0 Å². The van der Waals surface area contributed by atoms with E-state index in [4.69, 9.17) is 17.3 Å². The number of carboxylic acids is 1. The maximum atomic E-state index is 15.5. The van der Waals surface area contributed by atoms with E-state index in [1.807, 2.05) is 0 Å². The van der Waals surface area contributed by atoms with Crippen LogP contribution in [0.5, 0.6) is 0 Å². The summed E-state index contributed by atoms with van der Waals surface area (Å²) >= 11 is 6.67. The van der Waals surface area contributed by atoms with Crippen LogP contribution in [0.1, 0.15) is 21.5 Å². The van der Waals surface area contributed by atoms with Crippen LogP contribution >= 0.6 is 11.6 Å². The number of carboxylic acid groups (broad SMARTS) is 1. The number of likely N-dealkylation sites (N-methyl/N-ethyl adjacent to an activating group) is 1. The summed E-state index contributed by atoms with van der Waals surface area (Å²) in [6, 6.07) is 2.34. The minimum absolute atomic E-state index is 0.0363. The smallest absolute Gasteiger partial charge is 0.341 e. The largest absolute Gasteiger partial charge is 0.477 e. The van der Waals surface area contributed by atoms with E-state index in [0.29, 0.717) is 13.1 Å². The lowest BCUT2D eigenvalue weighted by Gasteiger charge is -2.41. The van der Waals surface area contributed by atoms with Gasteiger partial charge in [-0.3, -0.25) is 4.79 Å². The summed E-state index contributed by atoms with van der Waals surface area (Å²) < 4.78 is 30.8. The van der Waals surface area contributed by atoms with Gasteiger partial charge in [0.1, 0.15) is 11.4 Å². The molecular weight excluding hydrogens is 458 g/mol. The number of carbonyl (C=O) groups is 1. The number of hydrogen-bond acceptors (Lipinski definition) is 6. The molecule has 33 heavy (non-hydrogen) atoms. The molecule has 1 aromatic heterocycles. The van der Waals surface area contributed by atoms with Crippen molar-refractivity contribution in [1.29, 1.82) is 0 Å². The van der Waals surface area contributed by atoms with Gasteiger partial charge in [-0.25, -0.2) is 13.6 Å². The molecule has 2 heterocycles. The molecule has 4 rings (SSSR count). The van der Waals surface area contributed by atoms with Gasteiger partial charge < -0.3 is 30.7 Å². The molecule has 0 amide bonds. The molecule has 0 spiro atoms. The van der Waals surface area contributed by atoms with Crippen LogP contribution in [0, 0.1) is 18.6 Å². The number of aromatic carboxylic acids is 1. The second kappa shape index (κ2) is 8.29. The molecule has 5 N–H and O–H groups in total. The number of nitrogens with zero attached hydrogens (tertiary/aromatic N) is 2. The average Bonchev–Trinajstić information content (AvgIpc) is 2.74. The number of nitrogen functional groups attached to an aromatic ring is 1. The molecule has 0 bridgehead atoms. The van der Waals surface area contributed by atoms with Gasteiger partial charge in [0.15, 0.2) is 5.82 Å². The summed E-state index contributed by atoms with van der Waals surface area (Å²) in [5.41, 5.74) is 4.14. The molecule has 0 aliphatic carbocycles. The number of nitrogens with two attached hydrogens (primary N) is 1. The highest BCUT2D eigenvalue weighted by atomic mass is 35.5. The number of halogens is 3. The highest BCUT2D eigenvalue weighted by Crippen LogP contribution is 2.41. The number of nitrogens with one attached hydrogen (secondary N) is 1. The van der Waals surface area contributed by atoms with Crippen molar-refractivity contribution < 1.29 is 23.8 Å². The van der Waals surface area contributed by atoms with Gasteiger partial charge in [0.2, 0.25) is 5.43 Å². The van der Waals surface area contributed by atoms with Crippen molar-refractivity contribution >= 4 is 39.8 Å². The molecular formula is C22H21ClF2N4O4. The van der Waals surface area contributed by atoms with Crippen LogP contribution in [0.3, 0.4) is 0 Å². The number of aromatic nitrogens is 1. The molecule has 0 radical (unpaired) electrons. The first-order valence-corrected chi connectivity index (χ1v) is 10.4. The molecule has 1 aliphatic heterocycles. The molecule has 11 heteroatoms. The molecule has 0 atom stereocenters. The highest BCUT2D eigenvalue weighted by Gasteiger charge is 2.33. The Morgan fingerprint density at radius 1 is 1.33 bits per heavy atom. The molecule has 174 valence electrons. The molecule has 0 saturated carbocycles. The highest BCUT2D eigenvalue weighted by molar-refractivity contribution is 6.38. The topological polar surface area (TPSA) is 121 Å². The number of hydrogen-bond donors (Lipinski definition) is 4. The van der Waals surface area contributed by atoms with E-state index in [9.17, 15) is 24.2 Å². The number of rotatable bonds is 5. The Bertz CT molecular complexity index is 1370. The molecule has 1 saturated heterocycles. The zero-order valence-electron chi connectivity index (χ0n) is 17.7. The minimum Gasteiger partial charge on any atom is -0.477 e. The van der Waals surface area contributed by atoms with Gasteiger partial charge in [0, 0.05) is 36.5 Å². The van der Waals surface area contributed by atoms with Gasteiger partial charge in [0.25, 0.3) is 0 Å². The summed E-state index contributed by atoms with van der Waals surface area (Å²) in [4.78, 5) is 26.6. The number of aliphatic hydroxyl groups excluding tert-OH is 1. The molecule has 0 unspecified atom stereocenters. The van der Waals surface area contributed by atoms with Gasteiger partial charge >= 0.3 is 5.97 Å². The molecule has 1 aliphatic rings. The van der Waals surface area contributed by atoms with Crippen molar-refractivity contribution in [3.63, 3.8) is 0 Å². The fraction of sp³-hybridized carbons (Fsp3) is 0.273. The summed E-state index contributed by atoms with van der Waals surface area (Å²) in [5, 5.41) is 22.2. The van der Waals surface area contributed by atoms with Gasteiger partial charge in [0.05, 0.1) is 39.6 Å². The van der Waals surface area contributed by atoms with E-state index in [1.54, 1.807) is 11.9 Å². The Balaban J connectivity index is 2.16. The molecule has 1 fully saturated rings. The number of aliphatic hydroxyl groups is 1. The number of benzene rings is 2. The lowest BCUT2D eigenvalue weighted by atomic mass is 10.00. The number of pyridine rings is 1. The number of fused-ring (bicyclic) bond motifs is 1. The van der Waals surface area contributed by atoms with Crippen LogP contribution in [0.4, 0.5) is 20.2 Å². The predicted octanol–water partition coefficient (Wildman–Crippen LogP) is 2.41. The van der Waals surface area contributed by atoms with Crippen molar-refractivity contribution in [3.05, 3.63) is 61.9 Å². The second-order valence-corrected chi connectivity index (χ2v) is 8.30. The van der Waals surface area contributed by atoms with Crippen LogP contribution in [-0.2, 0) is 6.61 Å². The third kappa shape index (κ3) is 3.50. The Kier molecular flexibility index (Phi) is 5.77. The van der Waals surface area contributed by atoms with Crippen molar-refractivity contribution in [2.75, 3.05) is 30.8 Å². The fourth-order valence-electron chi connectivity index (χ4n) is 4.11. The van der Waals surface area contributed by atoms with E-state index in [0.717, 1.165) is 12.3 Å². The van der Waals surface area contributed by atoms with Crippen molar-refractivity contribution in [2.24, 2.45) is 0 Å². The SMILES string of the molecule is CNC1CN(c2c(F)c(C)c3c(=O)c(C(=O)O)cn(-c4cc(N)c(F)cc4CO)c3c2Cl)C1. The van der Waals surface area contributed by atoms with Crippen LogP contribution in [0.2, 0.25) is 5.02 Å². The lowest BCUT2D eigenvalue weighted by molar-refractivity contribution is 0.0695. The van der Waals surface area contributed by atoms with Crippen molar-refractivity contribution in [1.82, 2.24) is 9.88 Å². The molecule has 8 nitrogen and oxygen atoms in total. The third-order valence-corrected chi connectivity index (χ3v) is 6.36. The summed E-state index contributed by atoms with van der Waals surface area (Å²) in [6.07, 6.45) is 1.03. The molecule has 2 aromatic carbocycles. The zero-order valence-corrected chi connectivity index (χ0v) is 18.5. The molecule has 3 aromatic rings. The van der Waals surface area contributed by atoms with Crippen LogP contribution in [0.15, 0.2) is 23.1 Å². The zero-order chi connectivity index (χ0) is 24.2. The summed E-state index contributed by atoms with van der Waals surface area (Å²) in [5.74, 6) is -3.04. The van der Waals surface area contributed by atoms with Gasteiger partial charge in [-0.05, 0) is 26.1 Å². The van der Waals surface area contributed by atoms with Crippen LogP contribution in [-0.4, -0.2) is 46.9 Å². The Labute approximate surface area is 191 Å². The second-order valence-electron chi connectivity index (χ2n) is 7.92. The number of anilines is 2. The summed E-state index contributed by atoms with van der Waals surface area (Å²) in [6.45, 7) is 1.71. The van der Waals surface area contributed by atoms with Crippen LogP contribution in [0.25, 0.3) is 16.6 Å². The van der Waals surface area contributed by atoms with Gasteiger partial charge in [-0.2, -0.15) is 0 Å². The standard InChI is InChI=1S/C22H21ClF2N4O4/c1-9-16-19(17(23)20(18(9)25)28-5-11(6-28)27-2)29(7-12(21(16)31)22(32)33)15-4-14(26)13(24)3-10(15)8-30/h3-4,7,11,27,30H,5-6,8,26H2,1-2H3,(H,32,33). The Morgan fingerprint density at radius 3 is 2.58 bits per heavy atom. The van der Waals surface area contributed by atoms with E-state index in [-0.39, 0.29) is 50.2 Å². The maximum Gasteiger partial charge on any atom is 0.341 e. The van der Waals surface area contributed by atoms with E-state index in [2.05, 4.69) is 5.32 Å². The third-order valence-electron chi connectivity index (χ3n) is 6.00. The number of aryl methyl sites for hydroxylation is 1. The lowest BCUT2D eigenvalue weighted by Crippen LogP contribution is -2.57. The minimum atomic E-state index is -1.53. The first-order chi connectivity index (χ1) is 15.6.